The van der Waals surface area contributed by atoms with E-state index in [0.29, 0.717) is 10.5 Å². The van der Waals surface area contributed by atoms with Crippen LogP contribution in [0.15, 0.2) is 52.3 Å². The molecule has 1 amide bonds. The Morgan fingerprint density at radius 1 is 1.26 bits per heavy atom. The van der Waals surface area contributed by atoms with Crippen LogP contribution in [0, 0.1) is 0 Å². The van der Waals surface area contributed by atoms with Crippen molar-refractivity contribution in [3.8, 4) is 11.3 Å². The van der Waals surface area contributed by atoms with E-state index in [2.05, 4.69) is 15.3 Å². The van der Waals surface area contributed by atoms with Gasteiger partial charge in [-0.1, -0.05) is 53.7 Å². The third kappa shape index (κ3) is 5.21. The molecular weight excluding hydrogens is 419 g/mol. The van der Waals surface area contributed by atoms with Crippen molar-refractivity contribution in [3.05, 3.63) is 58.6 Å². The first kappa shape index (κ1) is 19.7. The van der Waals surface area contributed by atoms with Crippen molar-refractivity contribution >= 4 is 46.4 Å². The molecule has 3 rings (SSSR count). The highest BCUT2D eigenvalue weighted by Crippen LogP contribution is 2.32. The van der Waals surface area contributed by atoms with Gasteiger partial charge in [-0.3, -0.25) is 4.79 Å². The van der Waals surface area contributed by atoms with Crippen LogP contribution in [0.3, 0.4) is 0 Å². The van der Waals surface area contributed by atoms with Crippen LogP contribution in [0.4, 0.5) is 19.0 Å². The van der Waals surface area contributed by atoms with E-state index in [1.54, 1.807) is 0 Å². The first-order valence-electron chi connectivity index (χ1n) is 7.49. The molecule has 0 atom stereocenters. The summed E-state index contributed by atoms with van der Waals surface area (Å²) in [5.74, 6) is -0.522. The summed E-state index contributed by atoms with van der Waals surface area (Å²) in [7, 11) is 0. The third-order valence-electron chi connectivity index (χ3n) is 3.31. The molecule has 0 saturated carbocycles. The van der Waals surface area contributed by atoms with Gasteiger partial charge in [0.05, 0.1) is 22.0 Å². The summed E-state index contributed by atoms with van der Waals surface area (Å²) in [6, 6.07) is 10.3. The molecule has 3 aromatic rings. The summed E-state index contributed by atoms with van der Waals surface area (Å²) < 4.78 is 38.5. The minimum atomic E-state index is -4.55. The number of hydrogen-bond donors (Lipinski definition) is 1. The van der Waals surface area contributed by atoms with Gasteiger partial charge in [-0.25, -0.2) is 9.97 Å². The second-order valence-electron chi connectivity index (χ2n) is 5.25. The lowest BCUT2D eigenvalue weighted by atomic mass is 10.2. The van der Waals surface area contributed by atoms with Crippen LogP contribution in [-0.4, -0.2) is 21.6 Å². The Kier molecular flexibility index (Phi) is 6.03. The van der Waals surface area contributed by atoms with Crippen molar-refractivity contribution in [1.82, 2.24) is 9.97 Å². The Balaban J connectivity index is 1.58. The van der Waals surface area contributed by atoms with Crippen LogP contribution in [-0.2, 0) is 11.0 Å². The second kappa shape index (κ2) is 8.28. The van der Waals surface area contributed by atoms with Crippen LogP contribution < -0.4 is 5.32 Å². The largest absolute Gasteiger partial charge is 0.417 e. The zero-order chi connectivity index (χ0) is 19.4. The summed E-state index contributed by atoms with van der Waals surface area (Å²) in [6.45, 7) is 0. The molecule has 2 aromatic heterocycles. The molecule has 0 bridgehead atoms. The smallest absolute Gasteiger partial charge is 0.309 e. The molecule has 140 valence electrons. The number of nitrogens with zero attached hydrogens (tertiary/aromatic N) is 2. The number of thioether (sulfide) groups is 1. The molecule has 0 spiro atoms. The maximum absolute atomic E-state index is 12.6. The topological polar surface area (TPSA) is 54.9 Å². The minimum Gasteiger partial charge on any atom is -0.309 e. The van der Waals surface area contributed by atoms with E-state index in [0.717, 1.165) is 17.3 Å². The van der Waals surface area contributed by atoms with Gasteiger partial charge in [0, 0.05) is 17.1 Å². The molecule has 0 unspecified atom stereocenters. The molecule has 4 nitrogen and oxygen atoms in total. The molecule has 1 aromatic carbocycles. The zero-order valence-electron chi connectivity index (χ0n) is 13.5. The fraction of sp³-hybridized carbons (Fsp3) is 0.118. The number of anilines is 1. The summed E-state index contributed by atoms with van der Waals surface area (Å²) >= 11 is 8.40. The Morgan fingerprint density at radius 3 is 2.67 bits per heavy atom. The summed E-state index contributed by atoms with van der Waals surface area (Å²) in [5.41, 5.74) is 0.817. The normalized spacial score (nSPS) is 11.4. The molecule has 10 heteroatoms. The van der Waals surface area contributed by atoms with E-state index in [4.69, 9.17) is 11.6 Å². The Labute approximate surface area is 165 Å². The van der Waals surface area contributed by atoms with Gasteiger partial charge in [0.15, 0.2) is 10.2 Å². The molecule has 0 radical (unpaired) electrons. The number of carbonyl (C=O) groups is 1. The summed E-state index contributed by atoms with van der Waals surface area (Å²) in [5, 5.41) is 4.02. The van der Waals surface area contributed by atoms with E-state index in [-0.39, 0.29) is 16.6 Å². The van der Waals surface area contributed by atoms with Crippen molar-refractivity contribution < 1.29 is 18.0 Å². The van der Waals surface area contributed by atoms with Gasteiger partial charge < -0.3 is 5.32 Å². The van der Waals surface area contributed by atoms with Gasteiger partial charge in [-0.2, -0.15) is 13.2 Å². The molecule has 0 aliphatic rings. The lowest BCUT2D eigenvalue weighted by Gasteiger charge is -2.09. The van der Waals surface area contributed by atoms with Crippen LogP contribution >= 0.6 is 34.7 Å². The lowest BCUT2D eigenvalue weighted by molar-refractivity contribution is -0.137. The predicted octanol–water partition coefficient (Wildman–Crippen LogP) is 5.61. The third-order valence-corrected chi connectivity index (χ3v) is 5.61. The van der Waals surface area contributed by atoms with Gasteiger partial charge in [0.2, 0.25) is 5.91 Å². The van der Waals surface area contributed by atoms with Crippen molar-refractivity contribution in [3.63, 3.8) is 0 Å². The number of aromatic nitrogens is 2. The number of rotatable bonds is 5. The van der Waals surface area contributed by atoms with E-state index in [1.165, 1.54) is 23.1 Å². The molecular formula is C17H11ClF3N3OS2. The van der Waals surface area contributed by atoms with Gasteiger partial charge in [0.1, 0.15) is 0 Å². The summed E-state index contributed by atoms with van der Waals surface area (Å²) in [4.78, 5) is 20.0. The number of hydrogen-bond acceptors (Lipinski definition) is 5. The number of amides is 1. The van der Waals surface area contributed by atoms with Crippen LogP contribution in [0.2, 0.25) is 5.02 Å². The van der Waals surface area contributed by atoms with Crippen molar-refractivity contribution in [1.29, 1.82) is 0 Å². The number of benzene rings is 1. The average Bonchev–Trinajstić information content (AvgIpc) is 3.11. The minimum absolute atomic E-state index is 0.0285. The fourth-order valence-corrected chi connectivity index (χ4v) is 3.89. The monoisotopic (exact) mass is 429 g/mol. The van der Waals surface area contributed by atoms with Crippen LogP contribution in [0.1, 0.15) is 5.56 Å². The van der Waals surface area contributed by atoms with E-state index in [1.807, 2.05) is 35.7 Å². The van der Waals surface area contributed by atoms with Crippen molar-refractivity contribution in [2.24, 2.45) is 0 Å². The Bertz CT molecular complexity index is 948. The SMILES string of the molecule is O=C(CSc1nc(-c2ccccc2)cs1)Nc1ncc(C(F)(F)F)cc1Cl. The molecule has 27 heavy (non-hydrogen) atoms. The fourth-order valence-electron chi connectivity index (χ4n) is 2.05. The standard InChI is InChI=1S/C17H11ClF3N3OS2/c18-12-6-11(17(19,20)21)7-22-15(12)24-14(25)9-27-16-23-13(8-26-16)10-4-2-1-3-5-10/h1-8H,9H2,(H,22,24,25). The van der Waals surface area contributed by atoms with Crippen LogP contribution in [0.25, 0.3) is 11.3 Å². The Hall–Kier alpha value is -2.10. The van der Waals surface area contributed by atoms with E-state index >= 15 is 0 Å². The predicted molar refractivity (Wildman–Crippen MR) is 101 cm³/mol. The highest BCUT2D eigenvalue weighted by molar-refractivity contribution is 8.01. The molecule has 0 aliphatic carbocycles. The number of alkyl halides is 3. The molecule has 0 aliphatic heterocycles. The van der Waals surface area contributed by atoms with Crippen molar-refractivity contribution in [2.75, 3.05) is 11.1 Å². The maximum Gasteiger partial charge on any atom is 0.417 e. The second-order valence-corrected chi connectivity index (χ2v) is 7.74. The molecule has 1 N–H and O–H groups in total. The average molecular weight is 430 g/mol. The number of nitrogens with one attached hydrogen (secondary N) is 1. The number of pyridine rings is 1. The quantitative estimate of drug-likeness (QED) is 0.536. The molecule has 0 fully saturated rings. The number of carbonyl (C=O) groups excluding carboxylic acids is 1. The maximum atomic E-state index is 12.6. The Morgan fingerprint density at radius 2 is 2.00 bits per heavy atom. The number of halogens is 4. The van der Waals surface area contributed by atoms with E-state index in [9.17, 15) is 18.0 Å². The van der Waals surface area contributed by atoms with Gasteiger partial charge in [-0.15, -0.1) is 11.3 Å². The molecule has 2 heterocycles. The van der Waals surface area contributed by atoms with E-state index < -0.39 is 17.6 Å². The van der Waals surface area contributed by atoms with Gasteiger partial charge in [0.25, 0.3) is 0 Å². The highest BCUT2D eigenvalue weighted by atomic mass is 35.5. The van der Waals surface area contributed by atoms with Crippen molar-refractivity contribution in [2.45, 2.75) is 10.5 Å². The zero-order valence-corrected chi connectivity index (χ0v) is 15.8. The van der Waals surface area contributed by atoms with Crippen LogP contribution in [0.5, 0.6) is 0 Å². The van der Waals surface area contributed by atoms with Gasteiger partial charge >= 0.3 is 6.18 Å². The van der Waals surface area contributed by atoms with Gasteiger partial charge in [-0.05, 0) is 6.07 Å². The first-order valence-corrected chi connectivity index (χ1v) is 9.73. The highest BCUT2D eigenvalue weighted by Gasteiger charge is 2.31. The molecule has 0 saturated heterocycles. The first-order chi connectivity index (χ1) is 12.8. The summed E-state index contributed by atoms with van der Waals surface area (Å²) in [6.07, 6.45) is -3.92. The number of thiazole rings is 1. The lowest BCUT2D eigenvalue weighted by Crippen LogP contribution is -2.16.